The topological polar surface area (TPSA) is 51.6 Å². The van der Waals surface area contributed by atoms with Crippen LogP contribution in [0.3, 0.4) is 0 Å². The van der Waals surface area contributed by atoms with Gasteiger partial charge in [-0.1, -0.05) is 18.6 Å². The van der Waals surface area contributed by atoms with Gasteiger partial charge < -0.3 is 13.6 Å². The SMILES string of the molecule is COc1cccc([C@H]2CCCCN2Cc2nc(-c3ccc(C)o3)oc2C)c1. The van der Waals surface area contributed by atoms with Crippen molar-refractivity contribution in [1.82, 2.24) is 9.88 Å². The molecule has 1 aliphatic heterocycles. The third-order valence-electron chi connectivity index (χ3n) is 5.29. The number of nitrogens with zero attached hydrogens (tertiary/aromatic N) is 2. The largest absolute Gasteiger partial charge is 0.497 e. The van der Waals surface area contributed by atoms with E-state index in [1.807, 2.05) is 32.0 Å². The number of rotatable bonds is 5. The van der Waals surface area contributed by atoms with Crippen LogP contribution in [0.2, 0.25) is 0 Å². The molecule has 5 nitrogen and oxygen atoms in total. The molecule has 1 saturated heterocycles. The number of methoxy groups -OCH3 is 1. The first-order chi connectivity index (χ1) is 13.1. The normalized spacial score (nSPS) is 18.0. The van der Waals surface area contributed by atoms with Crippen LogP contribution in [0.5, 0.6) is 5.75 Å². The molecule has 1 aliphatic rings. The maximum Gasteiger partial charge on any atom is 0.263 e. The van der Waals surface area contributed by atoms with E-state index in [9.17, 15) is 0 Å². The Labute approximate surface area is 160 Å². The number of likely N-dealkylation sites (tertiary alicyclic amines) is 1. The van der Waals surface area contributed by atoms with Crippen LogP contribution >= 0.6 is 0 Å². The van der Waals surface area contributed by atoms with Crippen molar-refractivity contribution in [1.29, 1.82) is 0 Å². The first-order valence-corrected chi connectivity index (χ1v) is 9.55. The number of benzene rings is 1. The van der Waals surface area contributed by atoms with Gasteiger partial charge in [0.15, 0.2) is 5.76 Å². The average molecular weight is 366 g/mol. The number of oxazole rings is 1. The highest BCUT2D eigenvalue weighted by Gasteiger charge is 2.26. The van der Waals surface area contributed by atoms with Crippen LogP contribution in [0.1, 0.15) is 48.1 Å². The molecule has 3 heterocycles. The first-order valence-electron chi connectivity index (χ1n) is 9.55. The summed E-state index contributed by atoms with van der Waals surface area (Å²) < 4.78 is 17.0. The number of aryl methyl sites for hydroxylation is 2. The van der Waals surface area contributed by atoms with E-state index < -0.39 is 0 Å². The van der Waals surface area contributed by atoms with Crippen molar-refractivity contribution in [2.24, 2.45) is 0 Å². The van der Waals surface area contributed by atoms with Gasteiger partial charge in [-0.15, -0.1) is 0 Å². The summed E-state index contributed by atoms with van der Waals surface area (Å²) in [7, 11) is 1.72. The van der Waals surface area contributed by atoms with Crippen molar-refractivity contribution in [2.45, 2.75) is 45.7 Å². The predicted molar refractivity (Wildman–Crippen MR) is 104 cm³/mol. The van der Waals surface area contributed by atoms with Crippen molar-refractivity contribution in [3.05, 3.63) is 59.2 Å². The zero-order valence-corrected chi connectivity index (χ0v) is 16.2. The van der Waals surface area contributed by atoms with Gasteiger partial charge >= 0.3 is 0 Å². The summed E-state index contributed by atoms with van der Waals surface area (Å²) in [4.78, 5) is 7.22. The molecule has 1 fully saturated rings. The Kier molecular flexibility index (Phi) is 5.03. The number of furan rings is 1. The van der Waals surface area contributed by atoms with Crippen LogP contribution < -0.4 is 4.74 Å². The van der Waals surface area contributed by atoms with Gasteiger partial charge in [0, 0.05) is 12.6 Å². The van der Waals surface area contributed by atoms with E-state index in [1.165, 1.54) is 18.4 Å². The second-order valence-electron chi connectivity index (χ2n) is 7.19. The second kappa shape index (κ2) is 7.61. The molecule has 3 aromatic rings. The van der Waals surface area contributed by atoms with Crippen LogP contribution in [0, 0.1) is 13.8 Å². The van der Waals surface area contributed by atoms with Crippen LogP contribution in [0.15, 0.2) is 45.2 Å². The smallest absolute Gasteiger partial charge is 0.263 e. The number of piperidine rings is 1. The minimum Gasteiger partial charge on any atom is -0.497 e. The van der Waals surface area contributed by atoms with Crippen LogP contribution in [0.4, 0.5) is 0 Å². The van der Waals surface area contributed by atoms with Crippen molar-refractivity contribution >= 4 is 0 Å². The Bertz CT molecular complexity index is 912. The summed E-state index contributed by atoms with van der Waals surface area (Å²) in [5.74, 6) is 3.87. The Hall–Kier alpha value is -2.53. The molecule has 0 amide bonds. The number of aromatic nitrogens is 1. The zero-order chi connectivity index (χ0) is 18.8. The fourth-order valence-corrected chi connectivity index (χ4v) is 3.83. The van der Waals surface area contributed by atoms with Gasteiger partial charge in [-0.2, -0.15) is 0 Å². The van der Waals surface area contributed by atoms with E-state index >= 15 is 0 Å². The van der Waals surface area contributed by atoms with Crippen LogP contribution in [-0.2, 0) is 6.54 Å². The molecular formula is C22H26N2O3. The fourth-order valence-electron chi connectivity index (χ4n) is 3.83. The first kappa shape index (κ1) is 17.9. The quantitative estimate of drug-likeness (QED) is 0.614. The van der Waals surface area contributed by atoms with Crippen molar-refractivity contribution in [2.75, 3.05) is 13.7 Å². The lowest BCUT2D eigenvalue weighted by molar-refractivity contribution is 0.138. The molecule has 0 aliphatic carbocycles. The second-order valence-corrected chi connectivity index (χ2v) is 7.19. The highest BCUT2D eigenvalue weighted by Crippen LogP contribution is 2.34. The lowest BCUT2D eigenvalue weighted by atomic mass is 9.95. The summed E-state index contributed by atoms with van der Waals surface area (Å²) >= 11 is 0. The van der Waals surface area contributed by atoms with Gasteiger partial charge in [-0.05, 0) is 63.1 Å². The number of hydrogen-bond acceptors (Lipinski definition) is 5. The molecule has 0 saturated carbocycles. The molecule has 2 aromatic heterocycles. The maximum atomic E-state index is 5.88. The standard InChI is InChI=1S/C22H26N2O3/c1-15-10-11-21(26-15)22-23-19(16(2)27-22)14-24-12-5-4-9-20(24)17-7-6-8-18(13-17)25-3/h6-8,10-11,13,20H,4-5,9,12,14H2,1-3H3/t20-/m1/s1. The molecule has 0 radical (unpaired) electrons. The molecule has 1 aromatic carbocycles. The molecule has 0 N–H and O–H groups in total. The lowest BCUT2D eigenvalue weighted by Gasteiger charge is -2.35. The molecule has 1 atom stereocenters. The molecule has 142 valence electrons. The summed E-state index contributed by atoms with van der Waals surface area (Å²) in [6, 6.07) is 12.6. The van der Waals surface area contributed by atoms with Crippen LogP contribution in [0.25, 0.3) is 11.7 Å². The van der Waals surface area contributed by atoms with Crippen molar-refractivity contribution in [3.63, 3.8) is 0 Å². The molecule has 4 rings (SSSR count). The van der Waals surface area contributed by atoms with E-state index in [1.54, 1.807) is 7.11 Å². The highest BCUT2D eigenvalue weighted by atomic mass is 16.5. The predicted octanol–water partition coefficient (Wildman–Crippen LogP) is 5.29. The number of hydrogen-bond donors (Lipinski definition) is 0. The maximum absolute atomic E-state index is 5.88. The summed E-state index contributed by atoms with van der Waals surface area (Å²) in [6.07, 6.45) is 3.60. The minimum absolute atomic E-state index is 0.374. The Morgan fingerprint density at radius 3 is 2.81 bits per heavy atom. The Morgan fingerprint density at radius 1 is 1.15 bits per heavy atom. The molecule has 0 bridgehead atoms. The summed E-state index contributed by atoms with van der Waals surface area (Å²) in [5, 5.41) is 0. The van der Waals surface area contributed by atoms with E-state index in [0.29, 0.717) is 17.7 Å². The molecular weight excluding hydrogens is 340 g/mol. The van der Waals surface area contributed by atoms with Gasteiger partial charge in [0.2, 0.25) is 0 Å². The van der Waals surface area contributed by atoms with E-state index in [4.69, 9.17) is 18.6 Å². The van der Waals surface area contributed by atoms with Crippen molar-refractivity contribution in [3.8, 4) is 17.4 Å². The van der Waals surface area contributed by atoms with Crippen molar-refractivity contribution < 1.29 is 13.6 Å². The fraction of sp³-hybridized carbons (Fsp3) is 0.409. The van der Waals surface area contributed by atoms with E-state index in [-0.39, 0.29) is 0 Å². The number of ether oxygens (including phenoxy) is 1. The minimum atomic E-state index is 0.374. The Balaban J connectivity index is 1.57. The molecule has 0 unspecified atom stereocenters. The van der Waals surface area contributed by atoms with E-state index in [0.717, 1.165) is 42.5 Å². The molecule has 5 heteroatoms. The summed E-state index contributed by atoms with van der Waals surface area (Å²) in [6.45, 7) is 5.74. The highest BCUT2D eigenvalue weighted by molar-refractivity contribution is 5.45. The summed E-state index contributed by atoms with van der Waals surface area (Å²) in [5.41, 5.74) is 2.28. The molecule has 27 heavy (non-hydrogen) atoms. The van der Waals surface area contributed by atoms with Gasteiger partial charge in [0.1, 0.15) is 17.3 Å². The van der Waals surface area contributed by atoms with Gasteiger partial charge in [-0.25, -0.2) is 4.98 Å². The molecule has 0 spiro atoms. The average Bonchev–Trinajstić information content (AvgIpc) is 3.28. The Morgan fingerprint density at radius 2 is 2.04 bits per heavy atom. The third kappa shape index (κ3) is 3.78. The third-order valence-corrected chi connectivity index (χ3v) is 5.29. The van der Waals surface area contributed by atoms with Gasteiger partial charge in [0.25, 0.3) is 5.89 Å². The van der Waals surface area contributed by atoms with Gasteiger partial charge in [0.05, 0.1) is 12.8 Å². The zero-order valence-electron chi connectivity index (χ0n) is 16.2. The van der Waals surface area contributed by atoms with Crippen LogP contribution in [-0.4, -0.2) is 23.5 Å². The monoisotopic (exact) mass is 366 g/mol. The van der Waals surface area contributed by atoms with Gasteiger partial charge in [-0.3, -0.25) is 4.90 Å². The lowest BCUT2D eigenvalue weighted by Crippen LogP contribution is -2.33. The van der Waals surface area contributed by atoms with E-state index in [2.05, 4.69) is 23.1 Å².